The first-order valence-corrected chi connectivity index (χ1v) is 3.01. The fourth-order valence-corrected chi connectivity index (χ4v) is 0.460. The van der Waals surface area contributed by atoms with Crippen molar-refractivity contribution in [1.29, 1.82) is 0 Å². The number of thiol groups is 1. The zero-order valence-electron chi connectivity index (χ0n) is 5.59. The summed E-state index contributed by atoms with van der Waals surface area (Å²) in [5.74, 6) is 0. The van der Waals surface area contributed by atoms with Gasteiger partial charge in [-0.3, -0.25) is 4.31 Å². The molecule has 66 valence electrons. The number of carbonyl (C=O) groups is 1. The largest absolute Gasteiger partial charge is 0.409 e. The van der Waals surface area contributed by atoms with Crippen LogP contribution in [0.4, 0.5) is 18.0 Å². The predicted molar refractivity (Wildman–Crippen MR) is 35.9 cm³/mol. The Labute approximate surface area is 66.9 Å². The van der Waals surface area contributed by atoms with Gasteiger partial charge in [0, 0.05) is 0 Å². The molecule has 0 unspecified atom stereocenters. The Morgan fingerprint density at radius 3 is 2.09 bits per heavy atom. The molecule has 0 bridgehead atoms. The van der Waals surface area contributed by atoms with Crippen molar-refractivity contribution in [3.8, 4) is 0 Å². The van der Waals surface area contributed by atoms with Crippen LogP contribution in [0.3, 0.4) is 0 Å². The van der Waals surface area contributed by atoms with Crippen molar-refractivity contribution in [2.45, 2.75) is 19.1 Å². The molecule has 0 radical (unpaired) electrons. The second-order valence-electron chi connectivity index (χ2n) is 1.90. The van der Waals surface area contributed by atoms with Crippen LogP contribution < -0.4 is 5.73 Å². The molecule has 3 nitrogen and oxygen atoms in total. The van der Waals surface area contributed by atoms with E-state index in [1.807, 2.05) is 0 Å². The van der Waals surface area contributed by atoms with Gasteiger partial charge >= 0.3 is 12.2 Å². The zero-order chi connectivity index (χ0) is 9.23. The van der Waals surface area contributed by atoms with E-state index in [4.69, 9.17) is 0 Å². The summed E-state index contributed by atoms with van der Waals surface area (Å²) in [7, 11) is 0. The molecule has 7 heteroatoms. The molecule has 0 saturated carbocycles. The summed E-state index contributed by atoms with van der Waals surface area (Å²) in [6.45, 7) is 0.789. The van der Waals surface area contributed by atoms with E-state index in [0.717, 1.165) is 6.92 Å². The van der Waals surface area contributed by atoms with Gasteiger partial charge in [-0.25, -0.2) is 4.79 Å². The third-order valence-electron chi connectivity index (χ3n) is 1.07. The molecule has 11 heavy (non-hydrogen) atoms. The second-order valence-corrected chi connectivity index (χ2v) is 2.33. The van der Waals surface area contributed by atoms with Crippen LogP contribution >= 0.6 is 12.8 Å². The average Bonchev–Trinajstić information content (AvgIpc) is 1.82. The fraction of sp³-hybridized carbons (Fsp3) is 0.750. The van der Waals surface area contributed by atoms with Gasteiger partial charge in [0.2, 0.25) is 0 Å². The van der Waals surface area contributed by atoms with Gasteiger partial charge in [0.05, 0.1) is 0 Å². The van der Waals surface area contributed by atoms with Crippen LogP contribution in [0.15, 0.2) is 0 Å². The Balaban J connectivity index is 4.25. The van der Waals surface area contributed by atoms with Gasteiger partial charge in [0.15, 0.2) is 0 Å². The van der Waals surface area contributed by atoms with Crippen LogP contribution in [0.25, 0.3) is 0 Å². The Bertz CT molecular complexity index is 160. The van der Waals surface area contributed by atoms with Gasteiger partial charge in [-0.1, -0.05) is 12.8 Å². The second kappa shape index (κ2) is 3.21. The SMILES string of the molecule is C[C@@H](N(S)C(N)=O)C(F)(F)F. The predicted octanol–water partition coefficient (Wildman–Crippen LogP) is 1.16. The molecule has 2 amide bonds. The lowest BCUT2D eigenvalue weighted by molar-refractivity contribution is -0.159. The van der Waals surface area contributed by atoms with Crippen molar-refractivity contribution in [3.05, 3.63) is 0 Å². The Kier molecular flexibility index (Phi) is 3.03. The number of rotatable bonds is 1. The number of primary amides is 1. The van der Waals surface area contributed by atoms with E-state index in [9.17, 15) is 18.0 Å². The lowest BCUT2D eigenvalue weighted by Gasteiger charge is -2.23. The van der Waals surface area contributed by atoms with E-state index >= 15 is 0 Å². The highest BCUT2D eigenvalue weighted by Crippen LogP contribution is 2.24. The molecule has 0 aliphatic carbocycles. The molecule has 0 fully saturated rings. The lowest BCUT2D eigenvalue weighted by atomic mass is 10.3. The standard InChI is InChI=1S/C4H7F3N2OS/c1-2(4(5,6)7)9(11)3(8)10/h2,11H,1H3,(H2,8,10)/t2-/m1/s1. The highest BCUT2D eigenvalue weighted by Gasteiger charge is 2.40. The molecule has 0 saturated heterocycles. The lowest BCUT2D eigenvalue weighted by Crippen LogP contribution is -2.43. The van der Waals surface area contributed by atoms with Crippen LogP contribution in [0.5, 0.6) is 0 Å². The first-order valence-electron chi connectivity index (χ1n) is 2.61. The normalized spacial score (nSPS) is 14.3. The highest BCUT2D eigenvalue weighted by atomic mass is 32.1. The van der Waals surface area contributed by atoms with Crippen LogP contribution in [-0.2, 0) is 0 Å². The molecular formula is C4H7F3N2OS. The minimum Gasteiger partial charge on any atom is -0.351 e. The number of nitrogens with two attached hydrogens (primary N) is 1. The van der Waals surface area contributed by atoms with Gasteiger partial charge in [0.1, 0.15) is 6.04 Å². The quantitative estimate of drug-likeness (QED) is 0.596. The molecule has 0 spiro atoms. The maximum atomic E-state index is 11.8. The summed E-state index contributed by atoms with van der Waals surface area (Å²) in [4.78, 5) is 10.2. The first kappa shape index (κ1) is 10.4. The number of alkyl halides is 3. The summed E-state index contributed by atoms with van der Waals surface area (Å²) >= 11 is 3.25. The van der Waals surface area contributed by atoms with E-state index in [1.54, 1.807) is 0 Å². The van der Waals surface area contributed by atoms with Crippen molar-refractivity contribution in [2.24, 2.45) is 5.73 Å². The molecule has 0 heterocycles. The summed E-state index contributed by atoms with van der Waals surface area (Å²) in [5.41, 5.74) is 4.54. The van der Waals surface area contributed by atoms with Gasteiger partial charge in [0.25, 0.3) is 0 Å². The van der Waals surface area contributed by atoms with Gasteiger partial charge in [-0.05, 0) is 6.92 Å². The molecule has 0 aliphatic heterocycles. The molecule has 0 aromatic carbocycles. The van der Waals surface area contributed by atoms with E-state index in [2.05, 4.69) is 18.5 Å². The number of hydrogen-bond donors (Lipinski definition) is 2. The first-order chi connectivity index (χ1) is 4.76. The summed E-state index contributed by atoms with van der Waals surface area (Å²) < 4.78 is 35.4. The Hall–Kier alpha value is -0.590. The fourth-order valence-electron chi connectivity index (χ4n) is 0.330. The highest BCUT2D eigenvalue weighted by molar-refractivity contribution is 7.78. The maximum Gasteiger partial charge on any atom is 0.409 e. The van der Waals surface area contributed by atoms with E-state index in [-0.39, 0.29) is 4.31 Å². The Morgan fingerprint density at radius 1 is 1.64 bits per heavy atom. The molecule has 0 aliphatic rings. The molecule has 0 aromatic rings. The number of amides is 2. The van der Waals surface area contributed by atoms with Gasteiger partial charge < -0.3 is 5.73 Å². The third kappa shape index (κ3) is 2.87. The van der Waals surface area contributed by atoms with Crippen molar-refractivity contribution >= 4 is 18.8 Å². The van der Waals surface area contributed by atoms with Crippen molar-refractivity contribution in [1.82, 2.24) is 4.31 Å². The zero-order valence-corrected chi connectivity index (χ0v) is 6.49. The Morgan fingerprint density at radius 2 is 2.00 bits per heavy atom. The van der Waals surface area contributed by atoms with Crippen LogP contribution in [0, 0.1) is 0 Å². The molecule has 0 rings (SSSR count). The minimum absolute atomic E-state index is 0.125. The summed E-state index contributed by atoms with van der Waals surface area (Å²) in [6.07, 6.45) is -4.49. The van der Waals surface area contributed by atoms with Crippen molar-refractivity contribution in [2.75, 3.05) is 0 Å². The number of nitrogens with zero attached hydrogens (tertiary/aromatic N) is 1. The summed E-state index contributed by atoms with van der Waals surface area (Å²) in [5, 5.41) is 0. The van der Waals surface area contributed by atoms with Crippen molar-refractivity contribution in [3.63, 3.8) is 0 Å². The number of carbonyl (C=O) groups excluding carboxylic acids is 1. The van der Waals surface area contributed by atoms with E-state index < -0.39 is 18.2 Å². The molecule has 2 N–H and O–H groups in total. The smallest absolute Gasteiger partial charge is 0.351 e. The number of urea groups is 1. The van der Waals surface area contributed by atoms with E-state index in [0.29, 0.717) is 0 Å². The van der Waals surface area contributed by atoms with Gasteiger partial charge in [-0.2, -0.15) is 13.2 Å². The van der Waals surface area contributed by atoms with E-state index in [1.165, 1.54) is 0 Å². The van der Waals surface area contributed by atoms with Crippen molar-refractivity contribution < 1.29 is 18.0 Å². The molecule has 1 atom stereocenters. The molecular weight excluding hydrogens is 181 g/mol. The van der Waals surface area contributed by atoms with Gasteiger partial charge in [-0.15, -0.1) is 0 Å². The number of halogens is 3. The summed E-state index contributed by atoms with van der Waals surface area (Å²) in [6, 6.07) is -3.19. The monoisotopic (exact) mass is 188 g/mol. The topological polar surface area (TPSA) is 46.3 Å². The van der Waals surface area contributed by atoms with Crippen LogP contribution in [0.2, 0.25) is 0 Å². The van der Waals surface area contributed by atoms with Crippen LogP contribution in [-0.4, -0.2) is 22.6 Å². The minimum atomic E-state index is -4.49. The average molecular weight is 188 g/mol. The molecule has 0 aromatic heterocycles. The van der Waals surface area contributed by atoms with Crippen LogP contribution in [0.1, 0.15) is 6.92 Å². The number of hydrogen-bond acceptors (Lipinski definition) is 2. The third-order valence-corrected chi connectivity index (χ3v) is 1.61. The maximum absolute atomic E-state index is 11.8.